The van der Waals surface area contributed by atoms with E-state index in [9.17, 15) is 4.79 Å². The molecule has 0 saturated heterocycles. The largest absolute Gasteiger partial charge is 0.337 e. The number of aryl methyl sites for hydroxylation is 1. The lowest BCUT2D eigenvalue weighted by Crippen LogP contribution is -2.35. The maximum atomic E-state index is 12.5. The molecule has 1 aliphatic heterocycles. The van der Waals surface area contributed by atoms with Crippen molar-refractivity contribution in [2.24, 2.45) is 7.05 Å². The Morgan fingerprint density at radius 3 is 2.83 bits per heavy atom. The Bertz CT molecular complexity index is 913. The highest BCUT2D eigenvalue weighted by molar-refractivity contribution is 5.54. The normalized spacial score (nSPS) is 14.5. The smallest absolute Gasteiger partial charge is 0.255 e. The molecule has 6 heteroatoms. The average molecular weight is 321 g/mol. The molecule has 0 aliphatic carbocycles. The van der Waals surface area contributed by atoms with Crippen LogP contribution in [-0.2, 0) is 26.6 Å². The molecule has 0 fully saturated rings. The Morgan fingerprint density at radius 1 is 1.25 bits per heavy atom. The molecular weight excluding hydrogens is 302 g/mol. The van der Waals surface area contributed by atoms with Crippen LogP contribution in [0.2, 0.25) is 0 Å². The number of benzene rings is 1. The predicted molar refractivity (Wildman–Crippen MR) is 91.3 cm³/mol. The Hall–Kier alpha value is -2.73. The van der Waals surface area contributed by atoms with Crippen LogP contribution in [-0.4, -0.2) is 31.0 Å². The van der Waals surface area contributed by atoms with E-state index in [1.165, 1.54) is 0 Å². The average Bonchev–Trinajstić information content (AvgIpc) is 3.01. The van der Waals surface area contributed by atoms with Crippen LogP contribution in [0, 0.1) is 0 Å². The van der Waals surface area contributed by atoms with E-state index in [-0.39, 0.29) is 5.56 Å². The van der Waals surface area contributed by atoms with Gasteiger partial charge in [-0.1, -0.05) is 30.3 Å². The molecule has 2 aromatic heterocycles. The summed E-state index contributed by atoms with van der Waals surface area (Å²) in [7, 11) is 1.99. The van der Waals surface area contributed by atoms with Crippen LogP contribution in [0.1, 0.15) is 17.0 Å². The van der Waals surface area contributed by atoms with Crippen molar-refractivity contribution in [2.75, 3.05) is 6.54 Å². The van der Waals surface area contributed by atoms with E-state index in [1.54, 1.807) is 6.33 Å². The molecule has 0 bridgehead atoms. The fourth-order valence-electron chi connectivity index (χ4n) is 3.11. The molecule has 0 saturated carbocycles. The second kappa shape index (κ2) is 6.05. The maximum Gasteiger partial charge on any atom is 0.255 e. The number of imidazole rings is 1. The first kappa shape index (κ1) is 14.8. The van der Waals surface area contributed by atoms with Gasteiger partial charge in [0.25, 0.3) is 5.56 Å². The van der Waals surface area contributed by atoms with Gasteiger partial charge in [-0.3, -0.25) is 9.69 Å². The lowest BCUT2D eigenvalue weighted by Gasteiger charge is -2.27. The molecule has 0 unspecified atom stereocenters. The number of rotatable bonds is 3. The molecule has 0 spiro atoms. The lowest BCUT2D eigenvalue weighted by atomic mass is 10.1. The van der Waals surface area contributed by atoms with Gasteiger partial charge in [0.1, 0.15) is 5.82 Å². The second-order valence-electron chi connectivity index (χ2n) is 6.16. The van der Waals surface area contributed by atoms with Crippen LogP contribution in [0.4, 0.5) is 0 Å². The van der Waals surface area contributed by atoms with E-state index in [4.69, 9.17) is 4.98 Å². The minimum Gasteiger partial charge on any atom is -0.337 e. The van der Waals surface area contributed by atoms with Crippen LogP contribution in [0.15, 0.2) is 47.7 Å². The first-order valence-corrected chi connectivity index (χ1v) is 8.06. The molecule has 0 atom stereocenters. The van der Waals surface area contributed by atoms with Gasteiger partial charge in [0.2, 0.25) is 0 Å². The second-order valence-corrected chi connectivity index (χ2v) is 6.16. The third kappa shape index (κ3) is 2.76. The molecule has 0 radical (unpaired) electrons. The third-order valence-electron chi connectivity index (χ3n) is 4.50. The lowest BCUT2D eigenvalue weighted by molar-refractivity contribution is 0.236. The molecule has 3 aromatic rings. The minimum atomic E-state index is -0.0337. The first-order valence-electron chi connectivity index (χ1n) is 8.06. The van der Waals surface area contributed by atoms with Crippen molar-refractivity contribution >= 4 is 0 Å². The Balaban J connectivity index is 1.61. The molecule has 1 aromatic carbocycles. The highest BCUT2D eigenvalue weighted by Gasteiger charge is 2.22. The van der Waals surface area contributed by atoms with Crippen molar-refractivity contribution in [3.63, 3.8) is 0 Å². The number of fused-ring (bicyclic) bond motifs is 1. The van der Waals surface area contributed by atoms with Crippen molar-refractivity contribution < 1.29 is 0 Å². The molecule has 0 amide bonds. The van der Waals surface area contributed by atoms with E-state index >= 15 is 0 Å². The number of nitrogens with one attached hydrogen (secondary N) is 1. The van der Waals surface area contributed by atoms with Gasteiger partial charge in [0.05, 0.1) is 23.3 Å². The third-order valence-corrected chi connectivity index (χ3v) is 4.50. The van der Waals surface area contributed by atoms with E-state index in [0.717, 1.165) is 42.0 Å². The molecule has 122 valence electrons. The summed E-state index contributed by atoms with van der Waals surface area (Å²) in [5.74, 6) is 0.652. The maximum absolute atomic E-state index is 12.5. The number of H-pyrrole nitrogens is 1. The summed E-state index contributed by atoms with van der Waals surface area (Å²) in [6.45, 7) is 2.30. The summed E-state index contributed by atoms with van der Waals surface area (Å²) in [6, 6.07) is 9.77. The van der Waals surface area contributed by atoms with Crippen LogP contribution in [0.5, 0.6) is 0 Å². The zero-order valence-electron chi connectivity index (χ0n) is 13.6. The molecule has 1 aliphatic rings. The van der Waals surface area contributed by atoms with E-state index < -0.39 is 0 Å². The summed E-state index contributed by atoms with van der Waals surface area (Å²) < 4.78 is 2.01. The fraction of sp³-hybridized carbons (Fsp3) is 0.278. The quantitative estimate of drug-likeness (QED) is 0.798. The standard InChI is InChI=1S/C18H19N5O/c1-22-12-19-9-14(22)10-23-8-7-16-15(11-23)18(24)21-17(20-16)13-5-3-2-4-6-13/h2-6,9,12H,7-8,10-11H2,1H3,(H,20,21,24). The number of aromatic nitrogens is 4. The van der Waals surface area contributed by atoms with Crippen LogP contribution < -0.4 is 5.56 Å². The summed E-state index contributed by atoms with van der Waals surface area (Å²) in [5.41, 5.74) is 3.74. The van der Waals surface area contributed by atoms with Gasteiger partial charge in [-0.15, -0.1) is 0 Å². The SMILES string of the molecule is Cn1cncc1CN1CCc2nc(-c3ccccc3)[nH]c(=O)c2C1. The van der Waals surface area contributed by atoms with Crippen molar-refractivity contribution in [2.45, 2.75) is 19.5 Å². The van der Waals surface area contributed by atoms with E-state index in [1.807, 2.05) is 48.1 Å². The highest BCUT2D eigenvalue weighted by atomic mass is 16.1. The van der Waals surface area contributed by atoms with Crippen LogP contribution >= 0.6 is 0 Å². The summed E-state index contributed by atoms with van der Waals surface area (Å²) in [6.07, 6.45) is 4.46. The van der Waals surface area contributed by atoms with Crippen molar-refractivity contribution in [3.8, 4) is 11.4 Å². The molecule has 1 N–H and O–H groups in total. The summed E-state index contributed by atoms with van der Waals surface area (Å²) in [4.78, 5) is 26.6. The fourth-order valence-corrected chi connectivity index (χ4v) is 3.11. The monoisotopic (exact) mass is 321 g/mol. The zero-order valence-corrected chi connectivity index (χ0v) is 13.6. The van der Waals surface area contributed by atoms with Crippen LogP contribution in [0.3, 0.4) is 0 Å². The van der Waals surface area contributed by atoms with Gasteiger partial charge < -0.3 is 9.55 Å². The van der Waals surface area contributed by atoms with Crippen molar-refractivity contribution in [3.05, 3.63) is 70.2 Å². The molecule has 4 rings (SSSR count). The predicted octanol–water partition coefficient (Wildman–Crippen LogP) is 1.73. The summed E-state index contributed by atoms with van der Waals surface area (Å²) >= 11 is 0. The minimum absolute atomic E-state index is 0.0337. The Morgan fingerprint density at radius 2 is 2.08 bits per heavy atom. The van der Waals surface area contributed by atoms with Gasteiger partial charge in [-0.05, 0) is 0 Å². The topological polar surface area (TPSA) is 66.8 Å². The van der Waals surface area contributed by atoms with E-state index in [2.05, 4.69) is 14.9 Å². The molecular formula is C18H19N5O. The molecule has 6 nitrogen and oxygen atoms in total. The van der Waals surface area contributed by atoms with Gasteiger partial charge in [0, 0.05) is 44.9 Å². The van der Waals surface area contributed by atoms with Crippen molar-refractivity contribution in [1.82, 2.24) is 24.4 Å². The van der Waals surface area contributed by atoms with Crippen molar-refractivity contribution in [1.29, 1.82) is 0 Å². The Labute approximate surface area is 139 Å². The van der Waals surface area contributed by atoms with E-state index in [0.29, 0.717) is 12.4 Å². The van der Waals surface area contributed by atoms with Gasteiger partial charge in [-0.2, -0.15) is 0 Å². The Kier molecular flexibility index (Phi) is 3.74. The highest BCUT2D eigenvalue weighted by Crippen LogP contribution is 2.19. The molecule has 3 heterocycles. The molecule has 24 heavy (non-hydrogen) atoms. The van der Waals surface area contributed by atoms with Gasteiger partial charge >= 0.3 is 0 Å². The number of hydrogen-bond acceptors (Lipinski definition) is 4. The zero-order chi connectivity index (χ0) is 16.5. The van der Waals surface area contributed by atoms with Gasteiger partial charge in [-0.25, -0.2) is 9.97 Å². The number of nitrogens with zero attached hydrogens (tertiary/aromatic N) is 4. The first-order chi connectivity index (χ1) is 11.7. The van der Waals surface area contributed by atoms with Gasteiger partial charge in [0.15, 0.2) is 0 Å². The number of aromatic amines is 1. The summed E-state index contributed by atoms with van der Waals surface area (Å²) in [5, 5.41) is 0. The van der Waals surface area contributed by atoms with Crippen LogP contribution in [0.25, 0.3) is 11.4 Å². The number of hydrogen-bond donors (Lipinski definition) is 1.